The lowest BCUT2D eigenvalue weighted by atomic mass is 9.75. The monoisotopic (exact) mass is 519 g/mol. The number of benzene rings is 3. The Balaban J connectivity index is 1.96. The first-order chi connectivity index (χ1) is 18.0. The molecule has 0 fully saturated rings. The number of ketones is 1. The highest BCUT2D eigenvalue weighted by Gasteiger charge is 2.45. The zero-order valence-corrected chi connectivity index (χ0v) is 26.9. The number of Topliss-reactive ketones (excluding diaryl/α,β-unsaturated/α-hetero) is 1. The van der Waals surface area contributed by atoms with Crippen molar-refractivity contribution in [2.45, 2.75) is 102 Å². The molecule has 0 unspecified atom stereocenters. The Hall–Kier alpha value is -3.13. The van der Waals surface area contributed by atoms with Gasteiger partial charge in [0.05, 0.1) is 11.0 Å². The molecule has 4 aromatic rings. The summed E-state index contributed by atoms with van der Waals surface area (Å²) in [6.07, 6.45) is 0. The normalized spacial score (nSPS) is 16.1. The number of nitrogens with zero attached hydrogens (tertiary/aromatic N) is 1. The zero-order chi connectivity index (χ0) is 29.2. The molecule has 0 saturated carbocycles. The van der Waals surface area contributed by atoms with Crippen molar-refractivity contribution in [3.05, 3.63) is 83.5 Å². The first kappa shape index (κ1) is 27.4. The van der Waals surface area contributed by atoms with Gasteiger partial charge < -0.3 is 4.57 Å². The van der Waals surface area contributed by atoms with Crippen LogP contribution in [0.5, 0.6) is 0 Å². The standard InChI is InChI=1S/C37H45NO/c1-16-18(3)23(8)32-31(21(16)6)36(39)33(37(32,13)14)27(12)28-22(7)25(10)35-30(26(28)11)29-20(5)17(2)19(4)24(9)34(29)38(35)15/h1-15H3/b33-27-. The Morgan fingerprint density at radius 3 is 1.56 bits per heavy atom. The van der Waals surface area contributed by atoms with E-state index in [0.29, 0.717) is 0 Å². The van der Waals surface area contributed by atoms with Crippen molar-refractivity contribution in [1.82, 2.24) is 4.57 Å². The van der Waals surface area contributed by atoms with Crippen LogP contribution in [0, 0.1) is 76.2 Å². The van der Waals surface area contributed by atoms with Crippen LogP contribution in [0.2, 0.25) is 0 Å². The van der Waals surface area contributed by atoms with Gasteiger partial charge in [0, 0.05) is 34.4 Å². The van der Waals surface area contributed by atoms with E-state index in [2.05, 4.69) is 109 Å². The molecule has 0 bridgehead atoms. The maximum atomic E-state index is 14.4. The number of hydrogen-bond acceptors (Lipinski definition) is 1. The van der Waals surface area contributed by atoms with E-state index in [1.165, 1.54) is 88.6 Å². The number of carbonyl (C=O) groups is 1. The number of rotatable bonds is 1. The number of aromatic nitrogens is 1. The van der Waals surface area contributed by atoms with E-state index in [-0.39, 0.29) is 11.2 Å². The summed E-state index contributed by atoms with van der Waals surface area (Å²) in [5.41, 5.74) is 22.1. The summed E-state index contributed by atoms with van der Waals surface area (Å²) >= 11 is 0. The van der Waals surface area contributed by atoms with Gasteiger partial charge >= 0.3 is 0 Å². The van der Waals surface area contributed by atoms with Gasteiger partial charge in [-0.3, -0.25) is 4.79 Å². The Bertz CT molecular complexity index is 1850. The maximum absolute atomic E-state index is 14.4. The predicted octanol–water partition coefficient (Wildman–Crippen LogP) is 9.67. The Morgan fingerprint density at radius 2 is 1.00 bits per heavy atom. The van der Waals surface area contributed by atoms with E-state index in [1.54, 1.807) is 0 Å². The van der Waals surface area contributed by atoms with Gasteiger partial charge in [-0.2, -0.15) is 0 Å². The van der Waals surface area contributed by atoms with Gasteiger partial charge in [0.25, 0.3) is 0 Å². The summed E-state index contributed by atoms with van der Waals surface area (Å²) < 4.78 is 2.42. The fourth-order valence-corrected chi connectivity index (χ4v) is 8.23. The molecule has 2 heteroatoms. The minimum atomic E-state index is -0.357. The van der Waals surface area contributed by atoms with Crippen LogP contribution in [-0.4, -0.2) is 10.4 Å². The molecule has 0 saturated heterocycles. The van der Waals surface area contributed by atoms with Gasteiger partial charge in [-0.15, -0.1) is 0 Å². The van der Waals surface area contributed by atoms with E-state index >= 15 is 0 Å². The highest BCUT2D eigenvalue weighted by molar-refractivity contribution is 6.21. The van der Waals surface area contributed by atoms with Crippen LogP contribution in [0.25, 0.3) is 27.4 Å². The molecular formula is C37H45NO. The number of allylic oxidation sites excluding steroid dienone is 2. The molecule has 0 atom stereocenters. The SMILES string of the molecule is C/C(=C1\C(=O)c2c(C)c(C)c(C)c(C)c2C1(C)C)c1c(C)c(C)c2c(c1C)c1c(C)c(C)c(C)c(C)c1n2C. The molecule has 5 rings (SSSR count). The minimum Gasteiger partial charge on any atom is -0.343 e. The lowest BCUT2D eigenvalue weighted by Crippen LogP contribution is -2.20. The van der Waals surface area contributed by atoms with Gasteiger partial charge in [0.2, 0.25) is 0 Å². The predicted molar refractivity (Wildman–Crippen MR) is 169 cm³/mol. The first-order valence-electron chi connectivity index (χ1n) is 14.3. The molecule has 3 aromatic carbocycles. The minimum absolute atomic E-state index is 0.212. The Morgan fingerprint density at radius 1 is 0.564 bits per heavy atom. The molecule has 0 aliphatic heterocycles. The summed E-state index contributed by atoms with van der Waals surface area (Å²) in [7, 11) is 2.22. The van der Waals surface area contributed by atoms with E-state index < -0.39 is 0 Å². The maximum Gasteiger partial charge on any atom is 0.190 e. The largest absolute Gasteiger partial charge is 0.343 e. The molecule has 39 heavy (non-hydrogen) atoms. The third-order valence-corrected chi connectivity index (χ3v) is 11.0. The van der Waals surface area contributed by atoms with Gasteiger partial charge in [-0.1, -0.05) is 13.8 Å². The fourth-order valence-electron chi connectivity index (χ4n) is 8.23. The average molecular weight is 520 g/mol. The molecule has 1 heterocycles. The Labute approximate surface area is 235 Å². The van der Waals surface area contributed by atoms with Crippen molar-refractivity contribution in [1.29, 1.82) is 0 Å². The van der Waals surface area contributed by atoms with Gasteiger partial charge in [-0.05, 0) is 161 Å². The number of fused-ring (bicyclic) bond motifs is 4. The number of aryl methyl sites for hydroxylation is 5. The topological polar surface area (TPSA) is 22.0 Å². The third kappa shape index (κ3) is 3.18. The van der Waals surface area contributed by atoms with Crippen LogP contribution >= 0.6 is 0 Å². The van der Waals surface area contributed by atoms with E-state index in [1.807, 2.05) is 0 Å². The van der Waals surface area contributed by atoms with Crippen molar-refractivity contribution in [3.8, 4) is 0 Å². The molecule has 0 N–H and O–H groups in total. The second kappa shape index (κ2) is 8.43. The highest BCUT2D eigenvalue weighted by atomic mass is 16.1. The molecule has 0 spiro atoms. The summed E-state index contributed by atoms with van der Waals surface area (Å²) in [4.78, 5) is 14.4. The summed E-state index contributed by atoms with van der Waals surface area (Å²) in [6, 6.07) is 0. The smallest absolute Gasteiger partial charge is 0.190 e. The third-order valence-electron chi connectivity index (χ3n) is 11.0. The molecule has 1 aliphatic rings. The van der Waals surface area contributed by atoms with Crippen molar-refractivity contribution < 1.29 is 4.79 Å². The first-order valence-corrected chi connectivity index (χ1v) is 14.3. The van der Waals surface area contributed by atoms with Crippen LogP contribution in [0.1, 0.15) is 103 Å². The fraction of sp³-hybridized carbons (Fsp3) is 0.432. The zero-order valence-electron chi connectivity index (χ0n) is 26.9. The van der Waals surface area contributed by atoms with Gasteiger partial charge in [-0.25, -0.2) is 0 Å². The van der Waals surface area contributed by atoms with Crippen molar-refractivity contribution in [2.75, 3.05) is 0 Å². The van der Waals surface area contributed by atoms with Gasteiger partial charge in [0.15, 0.2) is 5.78 Å². The molecule has 1 aliphatic carbocycles. The van der Waals surface area contributed by atoms with E-state index in [9.17, 15) is 4.79 Å². The van der Waals surface area contributed by atoms with Gasteiger partial charge in [0.1, 0.15) is 0 Å². The molecule has 0 radical (unpaired) electrons. The molecule has 2 nitrogen and oxygen atoms in total. The lowest BCUT2D eigenvalue weighted by Gasteiger charge is -2.27. The lowest BCUT2D eigenvalue weighted by molar-refractivity contribution is 0.103. The molecular weight excluding hydrogens is 474 g/mol. The summed E-state index contributed by atoms with van der Waals surface area (Å²) in [6.45, 7) is 31.2. The summed E-state index contributed by atoms with van der Waals surface area (Å²) in [5, 5.41) is 2.71. The number of hydrogen-bond donors (Lipinski definition) is 0. The van der Waals surface area contributed by atoms with Crippen LogP contribution in [0.3, 0.4) is 0 Å². The molecule has 1 aromatic heterocycles. The quantitative estimate of drug-likeness (QED) is 0.229. The Kier molecular flexibility index (Phi) is 5.93. The summed E-state index contributed by atoms with van der Waals surface area (Å²) in [5.74, 6) is 0.212. The molecule has 0 amide bonds. The second-order valence-electron chi connectivity index (χ2n) is 13.0. The van der Waals surface area contributed by atoms with Crippen molar-refractivity contribution >= 4 is 33.2 Å². The molecule has 204 valence electrons. The number of carbonyl (C=O) groups excluding carboxylic acids is 1. The van der Waals surface area contributed by atoms with Crippen LogP contribution in [0.4, 0.5) is 0 Å². The van der Waals surface area contributed by atoms with Crippen LogP contribution < -0.4 is 0 Å². The van der Waals surface area contributed by atoms with Crippen molar-refractivity contribution in [2.24, 2.45) is 7.05 Å². The second-order valence-corrected chi connectivity index (χ2v) is 13.0. The van der Waals surface area contributed by atoms with E-state index in [0.717, 1.165) is 22.3 Å². The van der Waals surface area contributed by atoms with Crippen LogP contribution in [0.15, 0.2) is 5.57 Å². The van der Waals surface area contributed by atoms with Crippen LogP contribution in [-0.2, 0) is 12.5 Å². The average Bonchev–Trinajstić information content (AvgIpc) is 3.29. The highest BCUT2D eigenvalue weighted by Crippen LogP contribution is 2.51. The van der Waals surface area contributed by atoms with Crippen molar-refractivity contribution in [3.63, 3.8) is 0 Å². The van der Waals surface area contributed by atoms with E-state index in [4.69, 9.17) is 0 Å².